The van der Waals surface area contributed by atoms with E-state index in [9.17, 15) is 10.1 Å². The van der Waals surface area contributed by atoms with Crippen molar-refractivity contribution >= 4 is 5.69 Å². The lowest BCUT2D eigenvalue weighted by atomic mass is 10.1. The van der Waals surface area contributed by atoms with E-state index < -0.39 is 4.92 Å². The van der Waals surface area contributed by atoms with E-state index in [4.69, 9.17) is 0 Å². The van der Waals surface area contributed by atoms with Gasteiger partial charge in [0.15, 0.2) is 0 Å². The topological polar surface area (TPSA) is 89.6 Å². The highest BCUT2D eigenvalue weighted by atomic mass is 16.6. The Bertz CT molecular complexity index is 704. The van der Waals surface area contributed by atoms with Gasteiger partial charge in [-0.15, -0.1) is 0 Å². The molecular formula is C12H9N5O2. The summed E-state index contributed by atoms with van der Waals surface area (Å²) in [5.41, 5.74) is 1.87. The van der Waals surface area contributed by atoms with Crippen LogP contribution in [0.3, 0.4) is 0 Å². The smallest absolute Gasteiger partial charge is 0.278 e. The summed E-state index contributed by atoms with van der Waals surface area (Å²) in [7, 11) is 0. The van der Waals surface area contributed by atoms with Crippen LogP contribution in [0.15, 0.2) is 48.9 Å². The maximum atomic E-state index is 11.2. The zero-order valence-corrected chi connectivity index (χ0v) is 9.72. The first-order chi connectivity index (χ1) is 9.25. The van der Waals surface area contributed by atoms with E-state index in [2.05, 4.69) is 15.3 Å². The van der Waals surface area contributed by atoms with Crippen molar-refractivity contribution in [2.45, 2.75) is 0 Å². The van der Waals surface area contributed by atoms with E-state index in [0.29, 0.717) is 11.3 Å². The summed E-state index contributed by atoms with van der Waals surface area (Å²) in [6, 6.07) is 8.43. The summed E-state index contributed by atoms with van der Waals surface area (Å²) >= 11 is 0. The van der Waals surface area contributed by atoms with Crippen molar-refractivity contribution in [1.29, 1.82) is 0 Å². The van der Waals surface area contributed by atoms with Gasteiger partial charge in [0, 0.05) is 30.2 Å². The van der Waals surface area contributed by atoms with Crippen molar-refractivity contribution in [3.8, 4) is 16.9 Å². The van der Waals surface area contributed by atoms with Gasteiger partial charge in [-0.1, -0.05) is 6.07 Å². The Morgan fingerprint density at radius 1 is 1.26 bits per heavy atom. The summed E-state index contributed by atoms with van der Waals surface area (Å²) in [5.74, 6) is 0. The fraction of sp³-hybridized carbons (Fsp3) is 0. The average molecular weight is 255 g/mol. The summed E-state index contributed by atoms with van der Waals surface area (Å²) in [4.78, 5) is 10.8. The number of benzene rings is 1. The molecular weight excluding hydrogens is 246 g/mol. The molecule has 0 spiro atoms. The lowest BCUT2D eigenvalue weighted by molar-refractivity contribution is -0.384. The first kappa shape index (κ1) is 11.1. The Labute approximate surface area is 107 Å². The third-order valence-corrected chi connectivity index (χ3v) is 2.74. The van der Waals surface area contributed by atoms with Crippen LogP contribution in [0.4, 0.5) is 5.69 Å². The van der Waals surface area contributed by atoms with Gasteiger partial charge in [-0.25, -0.2) is 4.68 Å². The Hall–Kier alpha value is -2.96. The van der Waals surface area contributed by atoms with Gasteiger partial charge in [-0.2, -0.15) is 10.2 Å². The second-order valence-corrected chi connectivity index (χ2v) is 3.88. The second kappa shape index (κ2) is 4.37. The highest BCUT2D eigenvalue weighted by Crippen LogP contribution is 2.28. The predicted molar refractivity (Wildman–Crippen MR) is 67.8 cm³/mol. The van der Waals surface area contributed by atoms with Crippen LogP contribution in [0.25, 0.3) is 16.9 Å². The Balaban J connectivity index is 2.15. The van der Waals surface area contributed by atoms with E-state index in [1.807, 2.05) is 0 Å². The largest absolute Gasteiger partial charge is 0.295 e. The monoisotopic (exact) mass is 255 g/mol. The Morgan fingerprint density at radius 3 is 2.79 bits per heavy atom. The van der Waals surface area contributed by atoms with Gasteiger partial charge >= 0.3 is 0 Å². The maximum Gasteiger partial charge on any atom is 0.295 e. The quantitative estimate of drug-likeness (QED) is 0.573. The molecule has 7 nitrogen and oxygen atoms in total. The molecule has 0 aliphatic carbocycles. The lowest BCUT2D eigenvalue weighted by Gasteiger charge is -2.04. The van der Waals surface area contributed by atoms with Crippen LogP contribution in [0.2, 0.25) is 0 Å². The fourth-order valence-electron chi connectivity index (χ4n) is 1.86. The van der Waals surface area contributed by atoms with Crippen LogP contribution in [0, 0.1) is 10.1 Å². The molecule has 2 aromatic heterocycles. The summed E-state index contributed by atoms with van der Waals surface area (Å²) in [6.07, 6.45) is 4.84. The fourth-order valence-corrected chi connectivity index (χ4v) is 1.86. The van der Waals surface area contributed by atoms with Crippen molar-refractivity contribution in [2.24, 2.45) is 0 Å². The van der Waals surface area contributed by atoms with Crippen molar-refractivity contribution in [3.63, 3.8) is 0 Å². The minimum absolute atomic E-state index is 0.00389. The van der Waals surface area contributed by atoms with E-state index in [-0.39, 0.29) is 5.69 Å². The molecule has 0 radical (unpaired) electrons. The van der Waals surface area contributed by atoms with Crippen molar-refractivity contribution in [2.75, 3.05) is 0 Å². The molecule has 3 rings (SSSR count). The molecule has 1 N–H and O–H groups in total. The molecule has 0 aliphatic heterocycles. The summed E-state index contributed by atoms with van der Waals surface area (Å²) < 4.78 is 1.47. The second-order valence-electron chi connectivity index (χ2n) is 3.88. The standard InChI is InChI=1S/C12H9N5O2/c18-17(19)12-8-9(10-4-6-13-15-10)2-3-11(12)16-7-1-5-14-16/h1-8H,(H,13,15). The van der Waals surface area contributed by atoms with Gasteiger partial charge in [0.1, 0.15) is 5.69 Å². The number of nitro benzene ring substituents is 1. The Kier molecular flexibility index (Phi) is 2.57. The van der Waals surface area contributed by atoms with Gasteiger partial charge in [-0.05, 0) is 18.2 Å². The number of nitrogens with zero attached hydrogens (tertiary/aromatic N) is 4. The molecule has 0 unspecified atom stereocenters. The normalized spacial score (nSPS) is 10.5. The molecule has 0 amide bonds. The molecule has 0 bridgehead atoms. The number of rotatable bonds is 3. The van der Waals surface area contributed by atoms with E-state index in [1.165, 1.54) is 10.7 Å². The third-order valence-electron chi connectivity index (χ3n) is 2.74. The number of nitrogens with one attached hydrogen (secondary N) is 1. The maximum absolute atomic E-state index is 11.2. The van der Waals surface area contributed by atoms with Gasteiger partial charge in [0.2, 0.25) is 0 Å². The van der Waals surface area contributed by atoms with Crippen LogP contribution < -0.4 is 0 Å². The zero-order chi connectivity index (χ0) is 13.2. The van der Waals surface area contributed by atoms with Gasteiger partial charge in [-0.3, -0.25) is 15.2 Å². The van der Waals surface area contributed by atoms with E-state index in [0.717, 1.165) is 5.69 Å². The van der Waals surface area contributed by atoms with Gasteiger partial charge in [0.05, 0.1) is 10.6 Å². The van der Waals surface area contributed by atoms with Crippen LogP contribution in [0.1, 0.15) is 0 Å². The average Bonchev–Trinajstić information content (AvgIpc) is 3.11. The minimum Gasteiger partial charge on any atom is -0.278 e. The van der Waals surface area contributed by atoms with Crippen LogP contribution in [0.5, 0.6) is 0 Å². The van der Waals surface area contributed by atoms with Crippen molar-refractivity contribution < 1.29 is 4.92 Å². The number of aromatic amines is 1. The highest BCUT2D eigenvalue weighted by molar-refractivity contribution is 5.67. The molecule has 7 heteroatoms. The number of hydrogen-bond donors (Lipinski definition) is 1. The highest BCUT2D eigenvalue weighted by Gasteiger charge is 2.17. The molecule has 1 aromatic carbocycles. The van der Waals surface area contributed by atoms with E-state index in [1.54, 1.807) is 42.9 Å². The van der Waals surface area contributed by atoms with Crippen LogP contribution in [-0.2, 0) is 0 Å². The molecule has 2 heterocycles. The Morgan fingerprint density at radius 2 is 2.16 bits per heavy atom. The molecule has 19 heavy (non-hydrogen) atoms. The van der Waals surface area contributed by atoms with Gasteiger partial charge in [0.25, 0.3) is 5.69 Å². The molecule has 3 aromatic rings. The molecule has 0 aliphatic rings. The molecule has 0 saturated heterocycles. The first-order valence-corrected chi connectivity index (χ1v) is 5.54. The number of nitro groups is 1. The predicted octanol–water partition coefficient (Wildman–Crippen LogP) is 2.17. The summed E-state index contributed by atoms with van der Waals surface area (Å²) in [6.45, 7) is 0. The summed E-state index contributed by atoms with van der Waals surface area (Å²) in [5, 5.41) is 21.8. The number of H-pyrrole nitrogens is 1. The minimum atomic E-state index is -0.420. The molecule has 0 fully saturated rings. The molecule has 0 atom stereocenters. The van der Waals surface area contributed by atoms with Crippen molar-refractivity contribution in [1.82, 2.24) is 20.0 Å². The molecule has 94 valence electrons. The lowest BCUT2D eigenvalue weighted by Crippen LogP contribution is -2.00. The van der Waals surface area contributed by atoms with Crippen LogP contribution >= 0.6 is 0 Å². The van der Waals surface area contributed by atoms with Crippen molar-refractivity contribution in [3.05, 3.63) is 59.0 Å². The van der Waals surface area contributed by atoms with Crippen LogP contribution in [-0.4, -0.2) is 24.9 Å². The van der Waals surface area contributed by atoms with E-state index >= 15 is 0 Å². The zero-order valence-electron chi connectivity index (χ0n) is 9.72. The SMILES string of the molecule is O=[N+]([O-])c1cc(-c2ccn[nH]2)ccc1-n1cccn1. The molecule has 0 saturated carbocycles. The third kappa shape index (κ3) is 1.97. The number of aromatic nitrogens is 4. The first-order valence-electron chi connectivity index (χ1n) is 5.54. The number of hydrogen-bond acceptors (Lipinski definition) is 4. The van der Waals surface area contributed by atoms with Gasteiger partial charge < -0.3 is 0 Å².